The van der Waals surface area contributed by atoms with Crippen LogP contribution in [0.1, 0.15) is 24.5 Å². The van der Waals surface area contributed by atoms with E-state index in [9.17, 15) is 10.2 Å². The van der Waals surface area contributed by atoms with E-state index in [4.69, 9.17) is 4.74 Å². The van der Waals surface area contributed by atoms with E-state index in [2.05, 4.69) is 26.6 Å². The number of ether oxygens (including phenoxy) is 1. The minimum atomic E-state index is 0.198. The first-order valence-corrected chi connectivity index (χ1v) is 10.2. The molecule has 0 amide bonds. The van der Waals surface area contributed by atoms with Crippen LogP contribution in [0.25, 0.3) is 0 Å². The molecular weight excluding hydrogens is 348 g/mol. The highest BCUT2D eigenvalue weighted by atomic mass is 32.1. The summed E-state index contributed by atoms with van der Waals surface area (Å²) in [4.78, 5) is 4.82. The Kier molecular flexibility index (Phi) is 6.91. The predicted octanol–water partition coefficient (Wildman–Crippen LogP) is 2.92. The molecule has 142 valence electrons. The maximum absolute atomic E-state index is 10.4. The lowest BCUT2D eigenvalue weighted by Gasteiger charge is -2.41. The van der Waals surface area contributed by atoms with Crippen molar-refractivity contribution < 1.29 is 14.9 Å². The van der Waals surface area contributed by atoms with Crippen LogP contribution in [0.4, 0.5) is 0 Å². The second-order valence-electron chi connectivity index (χ2n) is 6.70. The van der Waals surface area contributed by atoms with Crippen LogP contribution in [0.5, 0.6) is 11.5 Å². The van der Waals surface area contributed by atoms with Gasteiger partial charge in [-0.15, -0.1) is 0 Å². The van der Waals surface area contributed by atoms with Gasteiger partial charge in [-0.1, -0.05) is 12.1 Å². The summed E-state index contributed by atoms with van der Waals surface area (Å²) in [5, 5.41) is 24.2. The molecule has 3 rings (SSSR count). The molecule has 1 aromatic carbocycles. The highest BCUT2D eigenvalue weighted by molar-refractivity contribution is 7.07. The molecule has 1 aliphatic heterocycles. The Morgan fingerprint density at radius 2 is 2.12 bits per heavy atom. The number of aliphatic hydroxyl groups excluding tert-OH is 1. The molecule has 2 aromatic rings. The topological polar surface area (TPSA) is 56.2 Å². The normalized spacial score (nSPS) is 18.9. The number of nitrogens with zero attached hydrogens (tertiary/aromatic N) is 2. The maximum atomic E-state index is 10.4. The number of para-hydroxylation sites is 1. The van der Waals surface area contributed by atoms with Gasteiger partial charge in [0.05, 0.1) is 6.61 Å². The van der Waals surface area contributed by atoms with Crippen LogP contribution in [0, 0.1) is 0 Å². The number of piperazine rings is 1. The van der Waals surface area contributed by atoms with Crippen molar-refractivity contribution in [2.24, 2.45) is 0 Å². The van der Waals surface area contributed by atoms with Gasteiger partial charge in [-0.25, -0.2) is 0 Å². The first-order valence-electron chi connectivity index (χ1n) is 9.23. The van der Waals surface area contributed by atoms with E-state index < -0.39 is 0 Å². The second-order valence-corrected chi connectivity index (χ2v) is 7.48. The van der Waals surface area contributed by atoms with Crippen molar-refractivity contribution in [1.29, 1.82) is 0 Å². The molecule has 0 spiro atoms. The number of hydrogen-bond donors (Lipinski definition) is 2. The lowest BCUT2D eigenvalue weighted by Crippen LogP contribution is -2.52. The minimum Gasteiger partial charge on any atom is -0.504 e. The van der Waals surface area contributed by atoms with E-state index in [0.717, 1.165) is 38.2 Å². The third-order valence-corrected chi connectivity index (χ3v) is 5.63. The summed E-state index contributed by atoms with van der Waals surface area (Å²) in [6.45, 7) is 7.09. The van der Waals surface area contributed by atoms with Crippen molar-refractivity contribution in [2.75, 3.05) is 32.8 Å². The fraction of sp³-hybridized carbons (Fsp3) is 0.500. The van der Waals surface area contributed by atoms with Gasteiger partial charge in [-0.2, -0.15) is 11.3 Å². The zero-order chi connectivity index (χ0) is 18.4. The Hall–Kier alpha value is -1.60. The number of rotatable bonds is 8. The Bertz CT molecular complexity index is 678. The van der Waals surface area contributed by atoms with Gasteiger partial charge in [0.25, 0.3) is 0 Å². The third-order valence-electron chi connectivity index (χ3n) is 4.89. The fourth-order valence-corrected chi connectivity index (χ4v) is 4.22. The van der Waals surface area contributed by atoms with Crippen LogP contribution < -0.4 is 4.74 Å². The van der Waals surface area contributed by atoms with E-state index in [1.807, 2.05) is 19.1 Å². The smallest absolute Gasteiger partial charge is 0.162 e. The average molecular weight is 377 g/mol. The van der Waals surface area contributed by atoms with Crippen LogP contribution in [0.15, 0.2) is 35.0 Å². The van der Waals surface area contributed by atoms with Gasteiger partial charge in [0.15, 0.2) is 11.5 Å². The molecule has 5 nitrogen and oxygen atoms in total. The molecule has 1 aliphatic rings. The molecule has 1 aromatic heterocycles. The van der Waals surface area contributed by atoms with Crippen molar-refractivity contribution in [2.45, 2.75) is 32.5 Å². The average Bonchev–Trinajstić information content (AvgIpc) is 3.14. The van der Waals surface area contributed by atoms with Crippen LogP contribution in [0.3, 0.4) is 0 Å². The Labute approximate surface area is 159 Å². The summed E-state index contributed by atoms with van der Waals surface area (Å²) in [5.41, 5.74) is 2.23. The molecule has 0 saturated carbocycles. The van der Waals surface area contributed by atoms with E-state index in [1.54, 1.807) is 17.4 Å². The van der Waals surface area contributed by atoms with Gasteiger partial charge < -0.3 is 14.9 Å². The third kappa shape index (κ3) is 4.76. The van der Waals surface area contributed by atoms with Crippen LogP contribution in [0.2, 0.25) is 0 Å². The lowest BCUT2D eigenvalue weighted by molar-refractivity contribution is 0.0496. The van der Waals surface area contributed by atoms with Crippen LogP contribution in [-0.4, -0.2) is 58.9 Å². The molecule has 0 unspecified atom stereocenters. The van der Waals surface area contributed by atoms with Gasteiger partial charge >= 0.3 is 0 Å². The van der Waals surface area contributed by atoms with E-state index in [1.165, 1.54) is 5.56 Å². The standard InChI is InChI=1S/C20H28N2O3S/c1-2-25-19-5-3-4-17(20(19)24)13-21-8-9-22(18(14-21)6-10-23)12-16-7-11-26-15-16/h3-5,7,11,15,18,23-24H,2,6,8-10,12-14H2,1H3/t18-/m0/s1. The van der Waals surface area contributed by atoms with Gasteiger partial charge in [0, 0.05) is 50.9 Å². The summed E-state index contributed by atoms with van der Waals surface area (Å²) in [5.74, 6) is 0.793. The van der Waals surface area contributed by atoms with Crippen molar-refractivity contribution in [1.82, 2.24) is 9.80 Å². The zero-order valence-corrected chi connectivity index (χ0v) is 16.1. The van der Waals surface area contributed by atoms with Crippen molar-refractivity contribution in [3.63, 3.8) is 0 Å². The van der Waals surface area contributed by atoms with Crippen LogP contribution in [-0.2, 0) is 13.1 Å². The highest BCUT2D eigenvalue weighted by Crippen LogP contribution is 2.31. The molecule has 1 fully saturated rings. The molecule has 26 heavy (non-hydrogen) atoms. The SMILES string of the molecule is CCOc1cccc(CN2CCN(Cc3ccsc3)[C@@H](CCO)C2)c1O. The lowest BCUT2D eigenvalue weighted by atomic mass is 10.1. The molecule has 0 aliphatic carbocycles. The Morgan fingerprint density at radius 3 is 2.85 bits per heavy atom. The van der Waals surface area contributed by atoms with Gasteiger partial charge in [-0.05, 0) is 41.8 Å². The van der Waals surface area contributed by atoms with Crippen molar-refractivity contribution >= 4 is 11.3 Å². The molecule has 6 heteroatoms. The maximum Gasteiger partial charge on any atom is 0.162 e. The Balaban J connectivity index is 1.64. The summed E-state index contributed by atoms with van der Waals surface area (Å²) in [7, 11) is 0. The molecule has 0 radical (unpaired) electrons. The number of phenolic OH excluding ortho intramolecular Hbond substituents is 1. The fourth-order valence-electron chi connectivity index (χ4n) is 3.56. The number of hydrogen-bond acceptors (Lipinski definition) is 6. The highest BCUT2D eigenvalue weighted by Gasteiger charge is 2.27. The van der Waals surface area contributed by atoms with E-state index >= 15 is 0 Å². The van der Waals surface area contributed by atoms with Crippen molar-refractivity contribution in [3.05, 3.63) is 46.2 Å². The van der Waals surface area contributed by atoms with E-state index in [-0.39, 0.29) is 12.4 Å². The Morgan fingerprint density at radius 1 is 1.23 bits per heavy atom. The quantitative estimate of drug-likeness (QED) is 0.742. The summed E-state index contributed by atoms with van der Waals surface area (Å²) >= 11 is 1.73. The molecule has 2 heterocycles. The van der Waals surface area contributed by atoms with Crippen molar-refractivity contribution in [3.8, 4) is 11.5 Å². The molecule has 1 atom stereocenters. The summed E-state index contributed by atoms with van der Waals surface area (Å²) in [6.07, 6.45) is 0.769. The number of aromatic hydroxyl groups is 1. The number of benzene rings is 1. The molecule has 1 saturated heterocycles. The van der Waals surface area contributed by atoms with Gasteiger partial charge in [-0.3, -0.25) is 9.80 Å². The number of thiophene rings is 1. The van der Waals surface area contributed by atoms with Gasteiger partial charge in [0.2, 0.25) is 0 Å². The first-order chi connectivity index (χ1) is 12.7. The number of aliphatic hydroxyl groups is 1. The zero-order valence-electron chi connectivity index (χ0n) is 15.3. The predicted molar refractivity (Wildman–Crippen MR) is 105 cm³/mol. The molecule has 0 bridgehead atoms. The van der Waals surface area contributed by atoms with E-state index in [0.29, 0.717) is 24.9 Å². The molecule has 2 N–H and O–H groups in total. The van der Waals surface area contributed by atoms with Gasteiger partial charge in [0.1, 0.15) is 0 Å². The number of phenols is 1. The summed E-state index contributed by atoms with van der Waals surface area (Å²) < 4.78 is 5.49. The second kappa shape index (κ2) is 9.37. The molecular formula is C20H28N2O3S. The monoisotopic (exact) mass is 376 g/mol. The minimum absolute atomic E-state index is 0.198. The first kappa shape index (κ1) is 19.2. The van der Waals surface area contributed by atoms with Crippen LogP contribution >= 0.6 is 11.3 Å². The largest absolute Gasteiger partial charge is 0.504 e. The summed E-state index contributed by atoms with van der Waals surface area (Å²) in [6, 6.07) is 8.18.